The molecular formula is C13H10Cl2N2O2. The molecule has 3 N–H and O–H groups in total. The van der Waals surface area contributed by atoms with Crippen molar-refractivity contribution in [1.82, 2.24) is 0 Å². The van der Waals surface area contributed by atoms with Crippen LogP contribution in [0, 0.1) is 0 Å². The summed E-state index contributed by atoms with van der Waals surface area (Å²) < 4.78 is 0. The van der Waals surface area contributed by atoms with Crippen LogP contribution in [0.1, 0.15) is 0 Å². The lowest BCUT2D eigenvalue weighted by molar-refractivity contribution is 0.262. The van der Waals surface area contributed by atoms with Crippen LogP contribution in [0.4, 0.5) is 16.2 Å². The number of rotatable bonds is 2. The predicted octanol–water partition coefficient (Wildman–Crippen LogP) is 4.34. The molecule has 2 aromatic carbocycles. The summed E-state index contributed by atoms with van der Waals surface area (Å²) in [6, 6.07) is 10.8. The largest absolute Gasteiger partial charge is 0.506 e. The molecule has 19 heavy (non-hydrogen) atoms. The molecule has 0 bridgehead atoms. The summed E-state index contributed by atoms with van der Waals surface area (Å²) in [7, 11) is 0. The Kier molecular flexibility index (Phi) is 4.14. The fourth-order valence-electron chi connectivity index (χ4n) is 1.44. The zero-order valence-corrected chi connectivity index (χ0v) is 11.2. The zero-order valence-electron chi connectivity index (χ0n) is 9.65. The molecule has 0 aliphatic heterocycles. The molecule has 98 valence electrons. The van der Waals surface area contributed by atoms with Crippen LogP contribution in [0.5, 0.6) is 5.75 Å². The third-order valence-corrected chi connectivity index (χ3v) is 2.83. The van der Waals surface area contributed by atoms with Gasteiger partial charge in [-0.3, -0.25) is 0 Å². The first-order chi connectivity index (χ1) is 9.04. The first-order valence-electron chi connectivity index (χ1n) is 5.37. The third-order valence-electron chi connectivity index (χ3n) is 2.29. The summed E-state index contributed by atoms with van der Waals surface area (Å²) in [5, 5.41) is 15.2. The number of hydrogen-bond acceptors (Lipinski definition) is 2. The van der Waals surface area contributed by atoms with Gasteiger partial charge in [0.1, 0.15) is 5.75 Å². The molecule has 0 aliphatic rings. The molecule has 0 atom stereocenters. The molecule has 2 aromatic rings. The van der Waals surface area contributed by atoms with Crippen LogP contribution in [-0.2, 0) is 0 Å². The lowest BCUT2D eigenvalue weighted by Gasteiger charge is -2.08. The van der Waals surface area contributed by atoms with Gasteiger partial charge in [0, 0.05) is 16.4 Å². The zero-order chi connectivity index (χ0) is 13.8. The summed E-state index contributed by atoms with van der Waals surface area (Å²) >= 11 is 11.5. The van der Waals surface area contributed by atoms with E-state index < -0.39 is 6.03 Å². The Bertz CT molecular complexity index is 617. The smallest absolute Gasteiger partial charge is 0.323 e. The molecule has 2 amide bonds. The van der Waals surface area contributed by atoms with Gasteiger partial charge >= 0.3 is 6.03 Å². The Hall–Kier alpha value is -1.91. The van der Waals surface area contributed by atoms with E-state index in [1.54, 1.807) is 30.3 Å². The van der Waals surface area contributed by atoms with Crippen molar-refractivity contribution in [3.63, 3.8) is 0 Å². The highest BCUT2D eigenvalue weighted by Crippen LogP contribution is 2.26. The number of anilines is 2. The van der Waals surface area contributed by atoms with Gasteiger partial charge in [0.25, 0.3) is 0 Å². The SMILES string of the molecule is O=C(Nc1cccc(Cl)c1)Nc1ccc(O)c(Cl)c1. The quantitative estimate of drug-likeness (QED) is 0.722. The van der Waals surface area contributed by atoms with Gasteiger partial charge in [-0.25, -0.2) is 4.79 Å². The number of carbonyl (C=O) groups is 1. The maximum atomic E-state index is 11.7. The van der Waals surface area contributed by atoms with Crippen molar-refractivity contribution in [3.05, 3.63) is 52.5 Å². The molecule has 2 rings (SSSR count). The van der Waals surface area contributed by atoms with Crippen LogP contribution < -0.4 is 10.6 Å². The number of halogens is 2. The second-order valence-electron chi connectivity index (χ2n) is 3.76. The summed E-state index contributed by atoms with van der Waals surface area (Å²) in [5.41, 5.74) is 1.05. The third kappa shape index (κ3) is 3.77. The van der Waals surface area contributed by atoms with Crippen LogP contribution in [0.15, 0.2) is 42.5 Å². The molecular weight excluding hydrogens is 287 g/mol. The van der Waals surface area contributed by atoms with E-state index >= 15 is 0 Å². The van der Waals surface area contributed by atoms with E-state index in [4.69, 9.17) is 23.2 Å². The van der Waals surface area contributed by atoms with Crippen molar-refractivity contribution in [2.75, 3.05) is 10.6 Å². The average molecular weight is 297 g/mol. The number of phenolic OH excluding ortho intramolecular Hbond substituents is 1. The van der Waals surface area contributed by atoms with Crippen molar-refractivity contribution in [2.45, 2.75) is 0 Å². The summed E-state index contributed by atoms with van der Waals surface area (Å²) in [6.07, 6.45) is 0. The number of hydrogen-bond donors (Lipinski definition) is 3. The van der Waals surface area contributed by atoms with Gasteiger partial charge in [0.15, 0.2) is 0 Å². The van der Waals surface area contributed by atoms with Gasteiger partial charge in [0.2, 0.25) is 0 Å². The Labute approximate surface area is 120 Å². The number of carbonyl (C=O) groups excluding carboxylic acids is 1. The molecule has 4 nitrogen and oxygen atoms in total. The molecule has 6 heteroatoms. The Morgan fingerprint density at radius 1 is 1.00 bits per heavy atom. The Balaban J connectivity index is 2.03. The normalized spacial score (nSPS) is 10.0. The number of nitrogens with one attached hydrogen (secondary N) is 2. The monoisotopic (exact) mass is 296 g/mol. The first kappa shape index (κ1) is 13.5. The fourth-order valence-corrected chi connectivity index (χ4v) is 1.82. The highest BCUT2D eigenvalue weighted by molar-refractivity contribution is 6.32. The first-order valence-corrected chi connectivity index (χ1v) is 6.12. The van der Waals surface area contributed by atoms with E-state index in [1.165, 1.54) is 12.1 Å². The lowest BCUT2D eigenvalue weighted by Crippen LogP contribution is -2.19. The molecule has 0 fully saturated rings. The van der Waals surface area contributed by atoms with E-state index in [0.29, 0.717) is 16.4 Å². The highest BCUT2D eigenvalue weighted by Gasteiger charge is 2.05. The molecule has 0 aliphatic carbocycles. The summed E-state index contributed by atoms with van der Waals surface area (Å²) in [6.45, 7) is 0. The number of amides is 2. The van der Waals surface area contributed by atoms with Crippen molar-refractivity contribution in [2.24, 2.45) is 0 Å². The molecule has 0 heterocycles. The van der Waals surface area contributed by atoms with E-state index in [0.717, 1.165) is 0 Å². The van der Waals surface area contributed by atoms with Gasteiger partial charge in [-0.15, -0.1) is 0 Å². The highest BCUT2D eigenvalue weighted by atomic mass is 35.5. The van der Waals surface area contributed by atoms with Crippen molar-refractivity contribution < 1.29 is 9.90 Å². The molecule has 0 radical (unpaired) electrons. The van der Waals surface area contributed by atoms with E-state index in [-0.39, 0.29) is 10.8 Å². The predicted molar refractivity (Wildman–Crippen MR) is 77.2 cm³/mol. The molecule has 0 spiro atoms. The molecule has 0 unspecified atom stereocenters. The van der Waals surface area contributed by atoms with Crippen LogP contribution in [0.2, 0.25) is 10.0 Å². The number of benzene rings is 2. The van der Waals surface area contributed by atoms with Gasteiger partial charge in [-0.05, 0) is 36.4 Å². The van der Waals surface area contributed by atoms with E-state index in [2.05, 4.69) is 10.6 Å². The van der Waals surface area contributed by atoms with Crippen LogP contribution in [-0.4, -0.2) is 11.1 Å². The minimum Gasteiger partial charge on any atom is -0.506 e. The minimum atomic E-state index is -0.427. The number of phenols is 1. The van der Waals surface area contributed by atoms with Crippen molar-refractivity contribution in [3.8, 4) is 5.75 Å². The van der Waals surface area contributed by atoms with Gasteiger partial charge in [0.05, 0.1) is 5.02 Å². The standard InChI is InChI=1S/C13H10Cl2N2O2/c14-8-2-1-3-9(6-8)16-13(19)17-10-4-5-12(18)11(15)7-10/h1-7,18H,(H2,16,17,19). The maximum Gasteiger partial charge on any atom is 0.323 e. The topological polar surface area (TPSA) is 61.4 Å². The lowest BCUT2D eigenvalue weighted by atomic mass is 10.3. The fraction of sp³-hybridized carbons (Fsp3) is 0. The molecule has 0 aromatic heterocycles. The second kappa shape index (κ2) is 5.82. The number of urea groups is 1. The Morgan fingerprint density at radius 2 is 1.68 bits per heavy atom. The molecule has 0 saturated heterocycles. The van der Waals surface area contributed by atoms with Gasteiger partial charge in [-0.1, -0.05) is 29.3 Å². The Morgan fingerprint density at radius 3 is 2.32 bits per heavy atom. The maximum absolute atomic E-state index is 11.7. The number of aromatic hydroxyl groups is 1. The van der Waals surface area contributed by atoms with Crippen LogP contribution >= 0.6 is 23.2 Å². The van der Waals surface area contributed by atoms with Crippen LogP contribution in [0.3, 0.4) is 0 Å². The van der Waals surface area contributed by atoms with Crippen LogP contribution in [0.25, 0.3) is 0 Å². The van der Waals surface area contributed by atoms with Crippen molar-refractivity contribution in [1.29, 1.82) is 0 Å². The summed E-state index contributed by atoms with van der Waals surface area (Å²) in [5.74, 6) is -0.0394. The van der Waals surface area contributed by atoms with Crippen molar-refractivity contribution >= 4 is 40.6 Å². The van der Waals surface area contributed by atoms with E-state index in [1.807, 2.05) is 0 Å². The van der Waals surface area contributed by atoms with Gasteiger partial charge in [-0.2, -0.15) is 0 Å². The second-order valence-corrected chi connectivity index (χ2v) is 4.60. The average Bonchev–Trinajstić information content (AvgIpc) is 2.34. The molecule has 0 saturated carbocycles. The van der Waals surface area contributed by atoms with E-state index in [9.17, 15) is 9.90 Å². The summed E-state index contributed by atoms with van der Waals surface area (Å²) in [4.78, 5) is 11.7. The van der Waals surface area contributed by atoms with Gasteiger partial charge < -0.3 is 15.7 Å². The minimum absolute atomic E-state index is 0.0394.